The van der Waals surface area contributed by atoms with E-state index in [1.165, 1.54) is 11.8 Å². The third kappa shape index (κ3) is 4.40. The summed E-state index contributed by atoms with van der Waals surface area (Å²) >= 11 is 1.48. The minimum atomic E-state index is -0.926. The minimum Gasteiger partial charge on any atom is -0.478 e. The number of aliphatic carboxylic acids is 1. The van der Waals surface area contributed by atoms with E-state index < -0.39 is 5.97 Å². The smallest absolute Gasteiger partial charge is 0.331 e. The molecule has 0 aliphatic heterocycles. The summed E-state index contributed by atoms with van der Waals surface area (Å²) in [5.41, 5.74) is 5.43. The number of carbonyl (C=O) groups is 1. The molecule has 0 aromatic rings. The van der Waals surface area contributed by atoms with E-state index in [0.29, 0.717) is 12.3 Å². The lowest BCUT2D eigenvalue weighted by molar-refractivity contribution is -0.132. The first-order valence-corrected chi connectivity index (χ1v) is 4.03. The Balaban J connectivity index is 3.31. The summed E-state index contributed by atoms with van der Waals surface area (Å²) in [4.78, 5) is 10.1. The molecule has 3 N–H and O–H groups in total. The molecule has 0 saturated carbocycles. The molecule has 0 amide bonds. The van der Waals surface area contributed by atoms with Crippen molar-refractivity contribution >= 4 is 17.7 Å². The van der Waals surface area contributed by atoms with Crippen LogP contribution in [0.1, 0.15) is 0 Å². The maximum atomic E-state index is 10.1. The van der Waals surface area contributed by atoms with Gasteiger partial charge in [-0.3, -0.25) is 0 Å². The van der Waals surface area contributed by atoms with E-state index in [1.807, 2.05) is 0 Å². The minimum absolute atomic E-state index is 0.235. The predicted octanol–water partition coefficient (Wildman–Crippen LogP) is 0.319. The van der Waals surface area contributed by atoms with E-state index >= 15 is 0 Å². The zero-order valence-electron chi connectivity index (χ0n) is 5.67. The topological polar surface area (TPSA) is 63.3 Å². The zero-order chi connectivity index (χ0) is 7.98. The molecule has 10 heavy (non-hydrogen) atoms. The monoisotopic (exact) mass is 161 g/mol. The van der Waals surface area contributed by atoms with Crippen molar-refractivity contribution in [1.82, 2.24) is 0 Å². The van der Waals surface area contributed by atoms with Crippen molar-refractivity contribution < 1.29 is 9.90 Å². The Morgan fingerprint density at radius 2 is 2.30 bits per heavy atom. The summed E-state index contributed by atoms with van der Waals surface area (Å²) in [5, 5.41) is 8.34. The molecule has 0 rings (SSSR count). The van der Waals surface area contributed by atoms with Gasteiger partial charge in [0.05, 0.1) is 0 Å². The van der Waals surface area contributed by atoms with Crippen LogP contribution in [-0.4, -0.2) is 29.1 Å². The van der Waals surface area contributed by atoms with Crippen molar-refractivity contribution in [2.75, 3.05) is 18.1 Å². The molecule has 4 heteroatoms. The lowest BCUT2D eigenvalue weighted by atomic mass is 10.4. The number of hydrogen-bond acceptors (Lipinski definition) is 3. The SMILES string of the molecule is C=C(CSCCN)C(=O)O. The van der Waals surface area contributed by atoms with Crippen LogP contribution in [0.3, 0.4) is 0 Å². The van der Waals surface area contributed by atoms with Gasteiger partial charge in [-0.1, -0.05) is 6.58 Å². The van der Waals surface area contributed by atoms with Crippen molar-refractivity contribution in [1.29, 1.82) is 0 Å². The highest BCUT2D eigenvalue weighted by molar-refractivity contribution is 7.99. The van der Waals surface area contributed by atoms with Crippen LogP contribution in [0, 0.1) is 0 Å². The fourth-order valence-electron chi connectivity index (χ4n) is 0.340. The number of rotatable bonds is 5. The first kappa shape index (κ1) is 9.52. The molecule has 0 radical (unpaired) electrons. The molecule has 0 heterocycles. The maximum Gasteiger partial charge on any atom is 0.331 e. The molecule has 0 bridgehead atoms. The van der Waals surface area contributed by atoms with Crippen molar-refractivity contribution in [3.05, 3.63) is 12.2 Å². The molecule has 58 valence electrons. The van der Waals surface area contributed by atoms with Crippen LogP contribution < -0.4 is 5.73 Å². The van der Waals surface area contributed by atoms with Crippen LogP contribution in [-0.2, 0) is 4.79 Å². The van der Waals surface area contributed by atoms with Gasteiger partial charge in [-0.25, -0.2) is 4.79 Å². The summed E-state index contributed by atoms with van der Waals surface area (Å²) in [6.07, 6.45) is 0. The number of nitrogens with two attached hydrogens (primary N) is 1. The van der Waals surface area contributed by atoms with E-state index in [4.69, 9.17) is 10.8 Å². The van der Waals surface area contributed by atoms with Gasteiger partial charge in [0.1, 0.15) is 0 Å². The Kier molecular flexibility index (Phi) is 5.06. The molecule has 0 aliphatic carbocycles. The average Bonchev–Trinajstić information content (AvgIpc) is 1.88. The highest BCUT2D eigenvalue weighted by Crippen LogP contribution is 2.04. The summed E-state index contributed by atoms with van der Waals surface area (Å²) in [5.74, 6) is 0.322. The van der Waals surface area contributed by atoms with Crippen molar-refractivity contribution in [2.24, 2.45) is 5.73 Å². The maximum absolute atomic E-state index is 10.1. The van der Waals surface area contributed by atoms with Crippen LogP contribution >= 0.6 is 11.8 Å². The second-order valence-electron chi connectivity index (χ2n) is 1.75. The van der Waals surface area contributed by atoms with E-state index in [9.17, 15) is 4.79 Å². The molecule has 0 unspecified atom stereocenters. The van der Waals surface area contributed by atoms with Gasteiger partial charge < -0.3 is 10.8 Å². The van der Waals surface area contributed by atoms with Gasteiger partial charge in [0.2, 0.25) is 0 Å². The Morgan fingerprint density at radius 3 is 2.70 bits per heavy atom. The van der Waals surface area contributed by atoms with Gasteiger partial charge in [0, 0.05) is 23.6 Å². The van der Waals surface area contributed by atoms with E-state index in [0.717, 1.165) is 5.75 Å². The summed E-state index contributed by atoms with van der Waals surface area (Å²) in [7, 11) is 0. The highest BCUT2D eigenvalue weighted by Gasteiger charge is 2.01. The van der Waals surface area contributed by atoms with Crippen LogP contribution in [0.2, 0.25) is 0 Å². The fourth-order valence-corrected chi connectivity index (χ4v) is 1.02. The predicted molar refractivity (Wildman–Crippen MR) is 43.2 cm³/mol. The summed E-state index contributed by atoms with van der Waals surface area (Å²) < 4.78 is 0. The first-order valence-electron chi connectivity index (χ1n) is 2.87. The van der Waals surface area contributed by atoms with Gasteiger partial charge in [-0.15, -0.1) is 0 Å². The van der Waals surface area contributed by atoms with Crippen molar-refractivity contribution in [3.63, 3.8) is 0 Å². The van der Waals surface area contributed by atoms with Gasteiger partial charge in [0.15, 0.2) is 0 Å². The molecule has 0 saturated heterocycles. The molecule has 0 spiro atoms. The van der Waals surface area contributed by atoms with Crippen molar-refractivity contribution in [3.8, 4) is 0 Å². The van der Waals surface area contributed by atoms with E-state index in [2.05, 4.69) is 6.58 Å². The van der Waals surface area contributed by atoms with Gasteiger partial charge in [0.25, 0.3) is 0 Å². The van der Waals surface area contributed by atoms with Gasteiger partial charge in [-0.2, -0.15) is 11.8 Å². The van der Waals surface area contributed by atoms with Gasteiger partial charge >= 0.3 is 5.97 Å². The fraction of sp³-hybridized carbons (Fsp3) is 0.500. The Hall–Kier alpha value is -0.480. The standard InChI is InChI=1S/C6H11NO2S/c1-5(6(8)9)4-10-3-2-7/h1-4,7H2,(H,8,9). The number of carboxylic acid groups (broad SMARTS) is 1. The third-order valence-corrected chi connectivity index (χ3v) is 1.92. The zero-order valence-corrected chi connectivity index (χ0v) is 6.49. The summed E-state index contributed by atoms with van der Waals surface area (Å²) in [6, 6.07) is 0. The van der Waals surface area contributed by atoms with E-state index in [1.54, 1.807) is 0 Å². The lowest BCUT2D eigenvalue weighted by Crippen LogP contribution is -2.05. The van der Waals surface area contributed by atoms with Crippen LogP contribution in [0.4, 0.5) is 0 Å². The van der Waals surface area contributed by atoms with Crippen LogP contribution in [0.25, 0.3) is 0 Å². The molecule has 3 nitrogen and oxygen atoms in total. The Bertz CT molecular complexity index is 136. The van der Waals surface area contributed by atoms with Crippen molar-refractivity contribution in [2.45, 2.75) is 0 Å². The highest BCUT2D eigenvalue weighted by atomic mass is 32.2. The average molecular weight is 161 g/mol. The number of thioether (sulfide) groups is 1. The molecule has 0 aromatic carbocycles. The molecular formula is C6H11NO2S. The van der Waals surface area contributed by atoms with E-state index in [-0.39, 0.29) is 5.57 Å². The first-order chi connectivity index (χ1) is 4.68. The lowest BCUT2D eigenvalue weighted by Gasteiger charge is -1.97. The van der Waals surface area contributed by atoms with Gasteiger partial charge in [-0.05, 0) is 0 Å². The molecule has 0 fully saturated rings. The quantitative estimate of drug-likeness (QED) is 0.450. The molecule has 0 aliphatic rings. The number of carboxylic acids is 1. The third-order valence-electron chi connectivity index (χ3n) is 0.841. The second-order valence-corrected chi connectivity index (χ2v) is 2.86. The number of hydrogen-bond donors (Lipinski definition) is 2. The second kappa shape index (κ2) is 5.32. The molecule has 0 atom stereocenters. The molecular weight excluding hydrogens is 150 g/mol. The largest absolute Gasteiger partial charge is 0.478 e. The Labute approximate surface area is 64.3 Å². The van der Waals surface area contributed by atoms with Crippen LogP contribution in [0.5, 0.6) is 0 Å². The Morgan fingerprint density at radius 1 is 1.70 bits per heavy atom. The summed E-state index contributed by atoms with van der Waals surface area (Å²) in [6.45, 7) is 3.95. The molecule has 0 aromatic heterocycles. The normalized spacial score (nSPS) is 9.30. The van der Waals surface area contributed by atoms with Crippen LogP contribution in [0.15, 0.2) is 12.2 Å².